The van der Waals surface area contributed by atoms with Crippen LogP contribution in [0.1, 0.15) is 27.2 Å². The molecule has 86 valence electrons. The van der Waals surface area contributed by atoms with E-state index in [0.717, 1.165) is 0 Å². The first-order valence-electron chi connectivity index (χ1n) is 4.93. The summed E-state index contributed by atoms with van der Waals surface area (Å²) in [6.45, 7) is 6.04. The number of hydrogen-bond acceptors (Lipinski definition) is 3. The molecule has 4 heteroatoms. The number of amides is 1. The lowest BCUT2D eigenvalue weighted by Crippen LogP contribution is -2.37. The molecule has 0 bridgehead atoms. The van der Waals surface area contributed by atoms with Crippen molar-refractivity contribution < 1.29 is 14.6 Å². The lowest BCUT2D eigenvalue weighted by molar-refractivity contribution is 0.0267. The first-order valence-corrected chi connectivity index (χ1v) is 4.93. The maximum absolute atomic E-state index is 11.6. The highest BCUT2D eigenvalue weighted by Crippen LogP contribution is 2.09. The third-order valence-electron chi connectivity index (χ3n) is 1.52. The fourth-order valence-electron chi connectivity index (χ4n) is 0.933. The third-order valence-corrected chi connectivity index (χ3v) is 1.52. The molecule has 1 N–H and O–H groups in total. The van der Waals surface area contributed by atoms with Crippen LogP contribution in [0.2, 0.25) is 0 Å². The van der Waals surface area contributed by atoms with Gasteiger partial charge in [0.15, 0.2) is 0 Å². The van der Waals surface area contributed by atoms with Crippen LogP contribution in [0.4, 0.5) is 4.79 Å². The average molecular weight is 213 g/mol. The Bertz CT molecular complexity index is 237. The van der Waals surface area contributed by atoms with E-state index in [2.05, 4.69) is 5.92 Å². The van der Waals surface area contributed by atoms with Crippen LogP contribution in [0.5, 0.6) is 0 Å². The first kappa shape index (κ1) is 13.8. The molecule has 1 amide bonds. The summed E-state index contributed by atoms with van der Waals surface area (Å²) in [5.41, 5.74) is -0.525. The van der Waals surface area contributed by atoms with Gasteiger partial charge >= 0.3 is 6.09 Å². The van der Waals surface area contributed by atoms with Crippen LogP contribution in [-0.2, 0) is 4.74 Å². The predicted molar refractivity (Wildman–Crippen MR) is 58.3 cm³/mol. The number of aliphatic hydroxyl groups excluding tert-OH is 1. The first-order chi connectivity index (χ1) is 6.90. The van der Waals surface area contributed by atoms with Gasteiger partial charge in [-0.2, -0.15) is 0 Å². The van der Waals surface area contributed by atoms with Crippen LogP contribution < -0.4 is 0 Å². The average Bonchev–Trinajstić information content (AvgIpc) is 2.09. The van der Waals surface area contributed by atoms with Crippen LogP contribution in [0.3, 0.4) is 0 Å². The van der Waals surface area contributed by atoms with Crippen molar-refractivity contribution in [2.45, 2.75) is 32.8 Å². The van der Waals surface area contributed by atoms with Gasteiger partial charge in [0.1, 0.15) is 5.60 Å². The van der Waals surface area contributed by atoms with E-state index < -0.39 is 11.7 Å². The van der Waals surface area contributed by atoms with E-state index >= 15 is 0 Å². The summed E-state index contributed by atoms with van der Waals surface area (Å²) >= 11 is 0. The Labute approximate surface area is 91.2 Å². The standard InChI is InChI=1S/C11H19NO3/c1-5-7-12(8-6-9-13)10(14)15-11(2,3)4/h1,13H,6-9H2,2-4H3. The van der Waals surface area contributed by atoms with Gasteiger partial charge in [0.2, 0.25) is 0 Å². The highest BCUT2D eigenvalue weighted by atomic mass is 16.6. The summed E-state index contributed by atoms with van der Waals surface area (Å²) in [5.74, 6) is 2.39. The molecule has 0 heterocycles. The number of aliphatic hydroxyl groups is 1. The van der Waals surface area contributed by atoms with Gasteiger partial charge in [-0.25, -0.2) is 4.79 Å². The number of rotatable bonds is 4. The van der Waals surface area contributed by atoms with Crippen molar-refractivity contribution in [2.24, 2.45) is 0 Å². The zero-order chi connectivity index (χ0) is 11.9. The summed E-state index contributed by atoms with van der Waals surface area (Å²) < 4.78 is 5.16. The normalized spacial score (nSPS) is 10.6. The van der Waals surface area contributed by atoms with Crippen molar-refractivity contribution in [1.29, 1.82) is 0 Å². The molecule has 0 aromatic carbocycles. The minimum absolute atomic E-state index is 0.0316. The Hall–Kier alpha value is -1.21. The van der Waals surface area contributed by atoms with Gasteiger partial charge < -0.3 is 9.84 Å². The number of hydrogen-bond donors (Lipinski definition) is 1. The Kier molecular flexibility index (Phi) is 5.80. The Balaban J connectivity index is 4.23. The summed E-state index contributed by atoms with van der Waals surface area (Å²) in [5, 5.41) is 8.67. The second-order valence-electron chi connectivity index (χ2n) is 4.18. The van der Waals surface area contributed by atoms with Gasteiger partial charge in [-0.05, 0) is 27.2 Å². The van der Waals surface area contributed by atoms with Gasteiger partial charge in [0.05, 0.1) is 6.54 Å². The van der Waals surface area contributed by atoms with Crippen LogP contribution in [-0.4, -0.2) is 41.4 Å². The molecule has 0 saturated carbocycles. The fourth-order valence-corrected chi connectivity index (χ4v) is 0.933. The third kappa shape index (κ3) is 6.81. The summed E-state index contributed by atoms with van der Waals surface area (Å²) in [7, 11) is 0. The van der Waals surface area contributed by atoms with E-state index in [-0.39, 0.29) is 13.2 Å². The van der Waals surface area contributed by atoms with E-state index in [1.807, 2.05) is 0 Å². The SMILES string of the molecule is C#CCN(CCCO)C(=O)OC(C)(C)C. The van der Waals surface area contributed by atoms with Crippen LogP contribution in [0.25, 0.3) is 0 Å². The molecule has 0 rings (SSSR count). The highest BCUT2D eigenvalue weighted by molar-refractivity contribution is 5.68. The zero-order valence-electron chi connectivity index (χ0n) is 9.62. The topological polar surface area (TPSA) is 49.8 Å². The quantitative estimate of drug-likeness (QED) is 0.715. The maximum Gasteiger partial charge on any atom is 0.411 e. The molecule has 0 aliphatic rings. The molecule has 0 saturated heterocycles. The minimum Gasteiger partial charge on any atom is -0.444 e. The van der Waals surface area contributed by atoms with Gasteiger partial charge in [0, 0.05) is 13.2 Å². The number of carbonyl (C=O) groups is 1. The molecule has 0 fully saturated rings. The molecule has 0 spiro atoms. The molecule has 4 nitrogen and oxygen atoms in total. The smallest absolute Gasteiger partial charge is 0.411 e. The molecule has 0 aromatic heterocycles. The largest absolute Gasteiger partial charge is 0.444 e. The van der Waals surface area contributed by atoms with Gasteiger partial charge in [-0.1, -0.05) is 5.92 Å². The van der Waals surface area contributed by atoms with Crippen LogP contribution >= 0.6 is 0 Å². The van der Waals surface area contributed by atoms with E-state index in [0.29, 0.717) is 13.0 Å². The van der Waals surface area contributed by atoms with Gasteiger partial charge in [-0.15, -0.1) is 6.42 Å². The molecule has 0 unspecified atom stereocenters. The zero-order valence-corrected chi connectivity index (χ0v) is 9.62. The van der Waals surface area contributed by atoms with Crippen molar-refractivity contribution in [2.75, 3.05) is 19.7 Å². The summed E-state index contributed by atoms with van der Waals surface area (Å²) in [6.07, 6.45) is 5.21. The molecular formula is C11H19NO3. The van der Waals surface area contributed by atoms with E-state index in [9.17, 15) is 4.79 Å². The highest BCUT2D eigenvalue weighted by Gasteiger charge is 2.20. The number of carbonyl (C=O) groups excluding carboxylic acids is 1. The van der Waals surface area contributed by atoms with Gasteiger partial charge in [0.25, 0.3) is 0 Å². The number of ether oxygens (including phenoxy) is 1. The lowest BCUT2D eigenvalue weighted by atomic mass is 10.2. The van der Waals surface area contributed by atoms with E-state index in [1.54, 1.807) is 20.8 Å². The molecular weight excluding hydrogens is 194 g/mol. The lowest BCUT2D eigenvalue weighted by Gasteiger charge is -2.25. The van der Waals surface area contributed by atoms with Crippen molar-refractivity contribution in [3.05, 3.63) is 0 Å². The molecule has 0 aromatic rings. The van der Waals surface area contributed by atoms with Crippen molar-refractivity contribution >= 4 is 6.09 Å². The molecule has 0 radical (unpaired) electrons. The van der Waals surface area contributed by atoms with Crippen molar-refractivity contribution in [3.8, 4) is 12.3 Å². The molecule has 15 heavy (non-hydrogen) atoms. The number of nitrogens with zero attached hydrogens (tertiary/aromatic N) is 1. The van der Waals surface area contributed by atoms with Crippen molar-refractivity contribution in [3.63, 3.8) is 0 Å². The predicted octanol–water partition coefficient (Wildman–Crippen LogP) is 1.24. The fraction of sp³-hybridized carbons (Fsp3) is 0.727. The second-order valence-corrected chi connectivity index (χ2v) is 4.18. The Morgan fingerprint density at radius 1 is 1.53 bits per heavy atom. The molecule has 0 atom stereocenters. The van der Waals surface area contributed by atoms with Crippen LogP contribution in [0, 0.1) is 12.3 Å². The number of terminal acetylenes is 1. The van der Waals surface area contributed by atoms with E-state index in [4.69, 9.17) is 16.3 Å². The Morgan fingerprint density at radius 3 is 2.53 bits per heavy atom. The van der Waals surface area contributed by atoms with Crippen LogP contribution in [0.15, 0.2) is 0 Å². The molecule has 0 aliphatic heterocycles. The summed E-state index contributed by atoms with van der Waals surface area (Å²) in [6, 6.07) is 0. The monoisotopic (exact) mass is 213 g/mol. The van der Waals surface area contributed by atoms with Gasteiger partial charge in [-0.3, -0.25) is 4.90 Å². The maximum atomic E-state index is 11.6. The molecule has 0 aliphatic carbocycles. The second kappa shape index (κ2) is 6.31. The summed E-state index contributed by atoms with van der Waals surface area (Å²) in [4.78, 5) is 13.0. The van der Waals surface area contributed by atoms with E-state index in [1.165, 1.54) is 4.90 Å². The van der Waals surface area contributed by atoms with Crippen molar-refractivity contribution in [1.82, 2.24) is 4.90 Å². The Morgan fingerprint density at radius 2 is 2.13 bits per heavy atom. The minimum atomic E-state index is -0.525.